The van der Waals surface area contributed by atoms with Gasteiger partial charge in [-0.2, -0.15) is 4.98 Å². The Kier molecular flexibility index (Phi) is 4.86. The highest BCUT2D eigenvalue weighted by atomic mass is 16.6. The van der Waals surface area contributed by atoms with Crippen molar-refractivity contribution in [3.05, 3.63) is 16.3 Å². The Bertz CT molecular complexity index is 502. The van der Waals surface area contributed by atoms with Gasteiger partial charge in [0, 0.05) is 38.8 Å². The molecule has 9 nitrogen and oxygen atoms in total. The van der Waals surface area contributed by atoms with E-state index in [1.54, 1.807) is 0 Å². The van der Waals surface area contributed by atoms with Crippen LogP contribution in [-0.2, 0) is 0 Å². The molecule has 0 amide bonds. The van der Waals surface area contributed by atoms with E-state index in [9.17, 15) is 10.1 Å². The van der Waals surface area contributed by atoms with Crippen molar-refractivity contribution in [3.8, 4) is 0 Å². The van der Waals surface area contributed by atoms with Crippen LogP contribution in [0.25, 0.3) is 0 Å². The van der Waals surface area contributed by atoms with E-state index in [0.29, 0.717) is 5.95 Å². The molecule has 1 saturated heterocycles. The summed E-state index contributed by atoms with van der Waals surface area (Å²) in [5.74, 6) is 0.198. The Morgan fingerprint density at radius 3 is 2.71 bits per heavy atom. The van der Waals surface area contributed by atoms with Gasteiger partial charge in [-0.05, 0) is 14.0 Å². The third-order valence-corrected chi connectivity index (χ3v) is 3.50. The third-order valence-electron chi connectivity index (χ3n) is 3.50. The Hall–Kier alpha value is -2.00. The number of hydrogen-bond acceptors (Lipinski definition) is 8. The summed E-state index contributed by atoms with van der Waals surface area (Å²) in [6.07, 6.45) is 1.13. The van der Waals surface area contributed by atoms with Crippen LogP contribution in [0.3, 0.4) is 0 Å². The highest BCUT2D eigenvalue weighted by Crippen LogP contribution is 2.18. The van der Waals surface area contributed by atoms with E-state index < -0.39 is 4.92 Å². The number of rotatable bonds is 5. The summed E-state index contributed by atoms with van der Waals surface area (Å²) in [5.41, 5.74) is 5.28. The van der Waals surface area contributed by atoms with Crippen LogP contribution in [0.15, 0.2) is 6.20 Å². The van der Waals surface area contributed by atoms with Crippen molar-refractivity contribution in [1.82, 2.24) is 19.8 Å². The molecular formula is C12H21N7O2. The summed E-state index contributed by atoms with van der Waals surface area (Å²) in [4.78, 5) is 22.6. The minimum absolute atomic E-state index is 0.121. The van der Waals surface area contributed by atoms with Crippen LogP contribution in [0.4, 0.5) is 17.5 Å². The summed E-state index contributed by atoms with van der Waals surface area (Å²) in [6.45, 7) is 7.09. The van der Waals surface area contributed by atoms with Crippen molar-refractivity contribution in [2.45, 2.75) is 13.0 Å². The Morgan fingerprint density at radius 2 is 2.14 bits per heavy atom. The molecule has 1 aliphatic heterocycles. The lowest BCUT2D eigenvalue weighted by Gasteiger charge is -2.34. The molecule has 1 aromatic rings. The standard InChI is InChI=1S/C12H21N7O2/c1-9(8-18-5-3-17(2)4-6-18)15-12-14-7-10(19(20)21)11(13)16-12/h7,9H,3-6,8H2,1-2H3,(H3,13,14,15,16). The lowest BCUT2D eigenvalue weighted by molar-refractivity contribution is -0.384. The van der Waals surface area contributed by atoms with Crippen molar-refractivity contribution < 1.29 is 4.92 Å². The normalized spacial score (nSPS) is 18.4. The van der Waals surface area contributed by atoms with Gasteiger partial charge in [0.25, 0.3) is 0 Å². The van der Waals surface area contributed by atoms with E-state index in [4.69, 9.17) is 5.73 Å². The van der Waals surface area contributed by atoms with E-state index in [1.807, 2.05) is 6.92 Å². The van der Waals surface area contributed by atoms with Crippen LogP contribution in [0.5, 0.6) is 0 Å². The molecule has 1 aromatic heterocycles. The molecule has 0 spiro atoms. The molecule has 21 heavy (non-hydrogen) atoms. The summed E-state index contributed by atoms with van der Waals surface area (Å²) in [5, 5.41) is 13.8. The summed E-state index contributed by atoms with van der Waals surface area (Å²) in [7, 11) is 2.12. The molecule has 2 heterocycles. The molecule has 1 aliphatic rings. The second kappa shape index (κ2) is 6.64. The van der Waals surface area contributed by atoms with E-state index in [1.165, 1.54) is 0 Å². The first-order chi connectivity index (χ1) is 9.95. The van der Waals surface area contributed by atoms with Gasteiger partial charge < -0.3 is 16.0 Å². The van der Waals surface area contributed by atoms with Crippen molar-refractivity contribution in [1.29, 1.82) is 0 Å². The average Bonchev–Trinajstić information content (AvgIpc) is 2.41. The Labute approximate surface area is 123 Å². The molecule has 1 unspecified atom stereocenters. The predicted octanol–water partition coefficient (Wildman–Crippen LogP) is 0.0148. The largest absolute Gasteiger partial charge is 0.378 e. The van der Waals surface area contributed by atoms with Crippen LogP contribution in [0, 0.1) is 10.1 Å². The first kappa shape index (κ1) is 15.4. The monoisotopic (exact) mass is 295 g/mol. The van der Waals surface area contributed by atoms with Gasteiger partial charge in [-0.1, -0.05) is 0 Å². The van der Waals surface area contributed by atoms with Crippen LogP contribution in [0.1, 0.15) is 6.92 Å². The number of nitrogens with one attached hydrogen (secondary N) is 1. The first-order valence-corrected chi connectivity index (χ1v) is 6.90. The maximum atomic E-state index is 10.7. The highest BCUT2D eigenvalue weighted by Gasteiger charge is 2.18. The predicted molar refractivity (Wildman–Crippen MR) is 80.1 cm³/mol. The van der Waals surface area contributed by atoms with E-state index >= 15 is 0 Å². The SMILES string of the molecule is CC(CN1CCN(C)CC1)Nc1ncc([N+](=O)[O-])c(N)n1. The fourth-order valence-corrected chi connectivity index (χ4v) is 2.28. The number of likely N-dealkylation sites (N-methyl/N-ethyl adjacent to an activating group) is 1. The number of anilines is 2. The molecule has 2 rings (SSSR count). The van der Waals surface area contributed by atoms with E-state index in [2.05, 4.69) is 32.1 Å². The second-order valence-corrected chi connectivity index (χ2v) is 5.37. The zero-order chi connectivity index (χ0) is 15.4. The average molecular weight is 295 g/mol. The second-order valence-electron chi connectivity index (χ2n) is 5.37. The van der Waals surface area contributed by atoms with Gasteiger partial charge >= 0.3 is 5.69 Å². The number of nitrogens with two attached hydrogens (primary N) is 1. The van der Waals surface area contributed by atoms with Gasteiger partial charge in [-0.25, -0.2) is 4.98 Å². The van der Waals surface area contributed by atoms with E-state index in [0.717, 1.165) is 38.9 Å². The Morgan fingerprint density at radius 1 is 1.48 bits per heavy atom. The summed E-state index contributed by atoms with van der Waals surface area (Å²) >= 11 is 0. The zero-order valence-electron chi connectivity index (χ0n) is 12.3. The topological polar surface area (TPSA) is 113 Å². The number of hydrogen-bond donors (Lipinski definition) is 2. The number of piperazine rings is 1. The molecule has 1 atom stereocenters. The molecule has 0 bridgehead atoms. The number of nitrogen functional groups attached to an aromatic ring is 1. The first-order valence-electron chi connectivity index (χ1n) is 6.90. The number of nitrogens with zero attached hydrogens (tertiary/aromatic N) is 5. The highest BCUT2D eigenvalue weighted by molar-refractivity contribution is 5.53. The minimum atomic E-state index is -0.591. The molecule has 0 aliphatic carbocycles. The van der Waals surface area contributed by atoms with Gasteiger partial charge in [0.1, 0.15) is 6.20 Å². The van der Waals surface area contributed by atoms with Gasteiger partial charge in [0.15, 0.2) is 0 Å². The lowest BCUT2D eigenvalue weighted by atomic mass is 10.2. The molecule has 0 radical (unpaired) electrons. The number of aromatic nitrogens is 2. The fourth-order valence-electron chi connectivity index (χ4n) is 2.28. The fraction of sp³-hybridized carbons (Fsp3) is 0.667. The molecular weight excluding hydrogens is 274 g/mol. The minimum Gasteiger partial charge on any atom is -0.378 e. The van der Waals surface area contributed by atoms with Gasteiger partial charge in [0.2, 0.25) is 11.8 Å². The summed E-state index contributed by atoms with van der Waals surface area (Å²) in [6, 6.07) is 0.134. The quantitative estimate of drug-likeness (QED) is 0.577. The maximum Gasteiger partial charge on any atom is 0.329 e. The molecule has 1 fully saturated rings. The van der Waals surface area contributed by atoms with Gasteiger partial charge in [-0.3, -0.25) is 15.0 Å². The van der Waals surface area contributed by atoms with Crippen molar-refractivity contribution in [2.75, 3.05) is 50.8 Å². The Balaban J connectivity index is 1.89. The smallest absolute Gasteiger partial charge is 0.329 e. The maximum absolute atomic E-state index is 10.7. The van der Waals surface area contributed by atoms with E-state index in [-0.39, 0.29) is 17.5 Å². The lowest BCUT2D eigenvalue weighted by Crippen LogP contribution is -2.47. The molecule has 0 saturated carbocycles. The zero-order valence-corrected chi connectivity index (χ0v) is 12.3. The van der Waals surface area contributed by atoms with Gasteiger partial charge in [-0.15, -0.1) is 0 Å². The third kappa shape index (κ3) is 4.23. The van der Waals surface area contributed by atoms with Crippen molar-refractivity contribution in [2.24, 2.45) is 0 Å². The molecule has 9 heteroatoms. The van der Waals surface area contributed by atoms with Crippen LogP contribution in [-0.4, -0.2) is 70.5 Å². The molecule has 116 valence electrons. The van der Waals surface area contributed by atoms with Crippen molar-refractivity contribution >= 4 is 17.5 Å². The van der Waals surface area contributed by atoms with Gasteiger partial charge in [0.05, 0.1) is 4.92 Å². The summed E-state index contributed by atoms with van der Waals surface area (Å²) < 4.78 is 0. The molecule has 3 N–H and O–H groups in total. The van der Waals surface area contributed by atoms with Crippen LogP contribution >= 0.6 is 0 Å². The van der Waals surface area contributed by atoms with Crippen LogP contribution < -0.4 is 11.1 Å². The van der Waals surface area contributed by atoms with Crippen molar-refractivity contribution in [3.63, 3.8) is 0 Å². The molecule has 0 aromatic carbocycles. The van der Waals surface area contributed by atoms with Crippen LogP contribution in [0.2, 0.25) is 0 Å². The number of nitro groups is 1.